The first-order valence-electron chi connectivity index (χ1n) is 10.3. The molecule has 4 N–H and O–H groups in total. The molecule has 0 spiro atoms. The smallest absolute Gasteiger partial charge is 0.269 e. The molecule has 32 heavy (non-hydrogen) atoms. The number of rotatable bonds is 8. The summed E-state index contributed by atoms with van der Waals surface area (Å²) in [7, 11) is -1.60. The molecule has 3 rings (SSSR count). The van der Waals surface area contributed by atoms with E-state index in [9.17, 15) is 9.00 Å². The van der Waals surface area contributed by atoms with Crippen molar-refractivity contribution in [2.45, 2.75) is 45.6 Å². The Morgan fingerprint density at radius 2 is 2.00 bits per heavy atom. The third-order valence-electron chi connectivity index (χ3n) is 3.92. The number of nitrogens with one attached hydrogen (secondary N) is 2. The first-order chi connectivity index (χ1) is 15.4. The van der Waals surface area contributed by atoms with Crippen LogP contribution in [-0.2, 0) is 11.0 Å². The highest BCUT2D eigenvalue weighted by atomic mass is 32.2. The van der Waals surface area contributed by atoms with Gasteiger partial charge >= 0.3 is 0 Å². The summed E-state index contributed by atoms with van der Waals surface area (Å²) < 4.78 is 17.5. The molecular formula is C22H29N5O3S2. The standard InChI is InChI=1S/C20H23N5O3S2.C2H6/c1-4-22-19(26)15-7-5-13(10-23-15)17-11-29-20(25-17)24-16-9-14(30(21)27)6-8-18(16)28-12(2)3;1-2/h5-12H,4,21H2,1-3H3,(H,22,26)(H,24,25);1-2H3. The first kappa shape index (κ1) is 25.4. The molecule has 0 saturated heterocycles. The van der Waals surface area contributed by atoms with Gasteiger partial charge in [-0.05, 0) is 51.1 Å². The predicted molar refractivity (Wildman–Crippen MR) is 131 cm³/mol. The minimum absolute atomic E-state index is 0.0267. The quantitative estimate of drug-likeness (QED) is 0.441. The van der Waals surface area contributed by atoms with Gasteiger partial charge < -0.3 is 15.4 Å². The average molecular weight is 476 g/mol. The van der Waals surface area contributed by atoms with Crippen molar-refractivity contribution in [1.29, 1.82) is 0 Å². The Bertz CT molecular complexity index is 1050. The third-order valence-corrected chi connectivity index (χ3v) is 5.40. The number of benzene rings is 1. The van der Waals surface area contributed by atoms with Gasteiger partial charge in [0.15, 0.2) is 5.13 Å². The van der Waals surface area contributed by atoms with E-state index in [1.165, 1.54) is 11.3 Å². The number of carbonyl (C=O) groups is 1. The van der Waals surface area contributed by atoms with E-state index in [1.54, 1.807) is 30.5 Å². The second-order valence-corrected chi connectivity index (χ2v) is 8.50. The van der Waals surface area contributed by atoms with Crippen molar-refractivity contribution in [3.8, 4) is 17.0 Å². The molecule has 0 aliphatic heterocycles. The number of carbonyl (C=O) groups excluding carboxylic acids is 1. The number of amides is 1. The van der Waals surface area contributed by atoms with Gasteiger partial charge in [0.25, 0.3) is 5.91 Å². The molecule has 0 aliphatic carbocycles. The topological polar surface area (TPSA) is 119 Å². The van der Waals surface area contributed by atoms with Crippen molar-refractivity contribution in [1.82, 2.24) is 15.3 Å². The van der Waals surface area contributed by atoms with Gasteiger partial charge in [0.05, 0.1) is 22.4 Å². The summed E-state index contributed by atoms with van der Waals surface area (Å²) in [6.45, 7) is 10.3. The lowest BCUT2D eigenvalue weighted by atomic mass is 10.2. The van der Waals surface area contributed by atoms with E-state index in [-0.39, 0.29) is 12.0 Å². The van der Waals surface area contributed by atoms with Gasteiger partial charge in [0.2, 0.25) is 0 Å². The van der Waals surface area contributed by atoms with E-state index < -0.39 is 11.0 Å². The van der Waals surface area contributed by atoms with Crippen molar-refractivity contribution < 1.29 is 13.7 Å². The van der Waals surface area contributed by atoms with Crippen LogP contribution in [-0.4, -0.2) is 32.7 Å². The van der Waals surface area contributed by atoms with Crippen LogP contribution in [0.15, 0.2) is 46.8 Å². The lowest BCUT2D eigenvalue weighted by Crippen LogP contribution is -2.23. The van der Waals surface area contributed by atoms with Crippen LogP contribution in [0.2, 0.25) is 0 Å². The van der Waals surface area contributed by atoms with Crippen molar-refractivity contribution in [2.75, 3.05) is 11.9 Å². The van der Waals surface area contributed by atoms with Crippen LogP contribution < -0.4 is 20.5 Å². The van der Waals surface area contributed by atoms with Crippen molar-refractivity contribution >= 4 is 39.0 Å². The summed E-state index contributed by atoms with van der Waals surface area (Å²) in [5.74, 6) is 0.406. The van der Waals surface area contributed by atoms with Gasteiger partial charge in [-0.15, -0.1) is 11.3 Å². The zero-order chi connectivity index (χ0) is 23.7. The molecule has 172 valence electrons. The summed E-state index contributed by atoms with van der Waals surface area (Å²) in [6, 6.07) is 8.58. The largest absolute Gasteiger partial charge is 0.489 e. The van der Waals surface area contributed by atoms with Crippen LogP contribution in [0.25, 0.3) is 11.3 Å². The summed E-state index contributed by atoms with van der Waals surface area (Å²) in [4.78, 5) is 21.1. The predicted octanol–water partition coefficient (Wildman–Crippen LogP) is 4.49. The molecule has 0 bridgehead atoms. The summed E-state index contributed by atoms with van der Waals surface area (Å²) in [6.07, 6.45) is 1.59. The van der Waals surface area contributed by atoms with Crippen LogP contribution >= 0.6 is 11.3 Å². The lowest BCUT2D eigenvalue weighted by Gasteiger charge is -2.15. The maximum atomic E-state index is 11.8. The van der Waals surface area contributed by atoms with Crippen molar-refractivity contribution in [3.05, 3.63) is 47.6 Å². The first-order valence-corrected chi connectivity index (χ1v) is 12.4. The number of nitrogens with zero attached hydrogens (tertiary/aromatic N) is 2. The maximum Gasteiger partial charge on any atom is 0.269 e. The number of thiazole rings is 1. The van der Waals surface area contributed by atoms with Gasteiger partial charge in [-0.3, -0.25) is 9.78 Å². The molecular weight excluding hydrogens is 446 g/mol. The number of nitrogens with two attached hydrogens (primary N) is 1. The zero-order valence-corrected chi connectivity index (χ0v) is 20.5. The second kappa shape index (κ2) is 12.3. The van der Waals surface area contributed by atoms with Gasteiger partial charge in [-0.25, -0.2) is 14.3 Å². The van der Waals surface area contributed by atoms with Gasteiger partial charge in [-0.2, -0.15) is 0 Å². The highest BCUT2D eigenvalue weighted by molar-refractivity contribution is 7.82. The highest BCUT2D eigenvalue weighted by Crippen LogP contribution is 2.33. The molecule has 0 radical (unpaired) electrons. The van der Waals surface area contributed by atoms with Gasteiger partial charge in [0, 0.05) is 23.7 Å². The SMILES string of the molecule is CC.CCNC(=O)c1ccc(-c2csc(Nc3cc(S(N)=O)ccc3OC(C)C)n2)cn1. The van der Waals surface area contributed by atoms with E-state index in [0.717, 1.165) is 11.3 Å². The molecule has 3 aromatic rings. The van der Waals surface area contributed by atoms with Crippen LogP contribution in [0.5, 0.6) is 5.75 Å². The lowest BCUT2D eigenvalue weighted by molar-refractivity contribution is 0.0951. The number of ether oxygens (including phenoxy) is 1. The number of pyridine rings is 1. The van der Waals surface area contributed by atoms with E-state index in [1.807, 2.05) is 46.1 Å². The molecule has 1 atom stereocenters. The van der Waals surface area contributed by atoms with E-state index in [2.05, 4.69) is 20.6 Å². The Hall–Kier alpha value is -2.82. The summed E-state index contributed by atoms with van der Waals surface area (Å²) >= 11 is 1.41. The van der Waals surface area contributed by atoms with Crippen molar-refractivity contribution in [2.24, 2.45) is 5.14 Å². The fourth-order valence-electron chi connectivity index (χ4n) is 2.60. The molecule has 0 aliphatic rings. The summed E-state index contributed by atoms with van der Waals surface area (Å²) in [5, 5.41) is 14.0. The molecule has 10 heteroatoms. The Kier molecular flexibility index (Phi) is 9.76. The Balaban J connectivity index is 0.00000176. The normalized spacial score (nSPS) is 11.3. The van der Waals surface area contributed by atoms with E-state index >= 15 is 0 Å². The molecule has 8 nitrogen and oxygen atoms in total. The van der Waals surface area contributed by atoms with Crippen molar-refractivity contribution in [3.63, 3.8) is 0 Å². The highest BCUT2D eigenvalue weighted by Gasteiger charge is 2.13. The minimum atomic E-state index is -1.60. The second-order valence-electron chi connectivity index (χ2n) is 6.58. The fraction of sp³-hybridized carbons (Fsp3) is 0.318. The number of anilines is 2. The Morgan fingerprint density at radius 3 is 2.59 bits per heavy atom. The molecule has 2 heterocycles. The molecule has 0 fully saturated rings. The summed E-state index contributed by atoms with van der Waals surface area (Å²) in [5.41, 5.74) is 2.51. The average Bonchev–Trinajstić information content (AvgIpc) is 3.24. The van der Waals surface area contributed by atoms with Gasteiger partial charge in [0.1, 0.15) is 22.4 Å². The van der Waals surface area contributed by atoms with E-state index in [4.69, 9.17) is 9.88 Å². The fourth-order valence-corrected chi connectivity index (χ4v) is 3.77. The van der Waals surface area contributed by atoms with Crippen LogP contribution in [0.1, 0.15) is 45.1 Å². The number of hydrogen-bond donors (Lipinski definition) is 3. The molecule has 2 aromatic heterocycles. The van der Waals surface area contributed by atoms with Crippen LogP contribution in [0, 0.1) is 0 Å². The monoisotopic (exact) mass is 475 g/mol. The third kappa shape index (κ3) is 6.84. The van der Waals surface area contributed by atoms with E-state index in [0.29, 0.717) is 33.7 Å². The molecule has 0 saturated carbocycles. The minimum Gasteiger partial charge on any atom is -0.489 e. The van der Waals surface area contributed by atoms with Crippen LogP contribution in [0.4, 0.5) is 10.8 Å². The number of aromatic nitrogens is 2. The van der Waals surface area contributed by atoms with Gasteiger partial charge in [-0.1, -0.05) is 13.8 Å². The molecule has 1 aromatic carbocycles. The zero-order valence-electron chi connectivity index (χ0n) is 18.8. The Labute approximate surface area is 195 Å². The van der Waals surface area contributed by atoms with Crippen LogP contribution in [0.3, 0.4) is 0 Å². The number of hydrogen-bond acceptors (Lipinski definition) is 7. The molecule has 1 unspecified atom stereocenters. The molecule has 1 amide bonds. The maximum absolute atomic E-state index is 11.8. The Morgan fingerprint density at radius 1 is 1.25 bits per heavy atom.